The van der Waals surface area contributed by atoms with E-state index in [-0.39, 0.29) is 18.1 Å². The molecular formula is C26H33FO7. The fourth-order valence-corrected chi connectivity index (χ4v) is 8.08. The van der Waals surface area contributed by atoms with Crippen molar-refractivity contribution in [2.75, 3.05) is 6.61 Å². The molecule has 1 N–H and O–H groups in total. The number of fused-ring (bicyclic) bond motifs is 7. The lowest BCUT2D eigenvalue weighted by molar-refractivity contribution is -0.246. The highest BCUT2D eigenvalue weighted by molar-refractivity contribution is 6.01. The smallest absolute Gasteiger partial charge is 0.303 e. The summed E-state index contributed by atoms with van der Waals surface area (Å²) in [7, 11) is 0. The van der Waals surface area contributed by atoms with Crippen LogP contribution in [0.25, 0.3) is 0 Å². The Kier molecular flexibility index (Phi) is 4.96. The van der Waals surface area contributed by atoms with Crippen LogP contribution in [-0.4, -0.2) is 58.5 Å². The fourth-order valence-electron chi connectivity index (χ4n) is 8.08. The number of rotatable bonds is 3. The first-order valence-corrected chi connectivity index (χ1v) is 12.1. The summed E-state index contributed by atoms with van der Waals surface area (Å²) in [5, 5.41) is 11.5. The number of ether oxygens (including phenoxy) is 3. The molecule has 0 aromatic carbocycles. The lowest BCUT2D eigenvalue weighted by atomic mass is 9.44. The van der Waals surface area contributed by atoms with E-state index in [1.807, 2.05) is 6.92 Å². The molecule has 4 fully saturated rings. The second kappa shape index (κ2) is 7.08. The molecule has 8 heteroatoms. The third-order valence-corrected chi connectivity index (χ3v) is 9.45. The minimum atomic E-state index is -2.01. The van der Waals surface area contributed by atoms with Gasteiger partial charge in [-0.15, -0.1) is 0 Å². The van der Waals surface area contributed by atoms with Crippen molar-refractivity contribution >= 4 is 17.5 Å². The molecule has 0 unspecified atom stereocenters. The zero-order chi connectivity index (χ0) is 24.9. The maximum absolute atomic E-state index is 17.3. The predicted molar refractivity (Wildman–Crippen MR) is 118 cm³/mol. The van der Waals surface area contributed by atoms with Crippen molar-refractivity contribution in [2.24, 2.45) is 22.7 Å². The van der Waals surface area contributed by atoms with Gasteiger partial charge >= 0.3 is 5.97 Å². The Labute approximate surface area is 198 Å². The Morgan fingerprint density at radius 3 is 2.62 bits per heavy atom. The lowest BCUT2D eigenvalue weighted by Gasteiger charge is -2.62. The van der Waals surface area contributed by atoms with Gasteiger partial charge in [-0.3, -0.25) is 14.4 Å². The van der Waals surface area contributed by atoms with E-state index in [2.05, 4.69) is 0 Å². The molecule has 34 heavy (non-hydrogen) atoms. The number of carbonyl (C=O) groups excluding carboxylic acids is 3. The van der Waals surface area contributed by atoms with Gasteiger partial charge in [0.05, 0.1) is 12.2 Å². The van der Waals surface area contributed by atoms with Crippen LogP contribution in [0.4, 0.5) is 4.39 Å². The number of halogens is 1. The first kappa shape index (κ1) is 23.8. The summed E-state index contributed by atoms with van der Waals surface area (Å²) in [4.78, 5) is 37.1. The van der Waals surface area contributed by atoms with Crippen molar-refractivity contribution in [1.82, 2.24) is 0 Å². The van der Waals surface area contributed by atoms with E-state index in [4.69, 9.17) is 14.2 Å². The fraction of sp³-hybridized carbons (Fsp3) is 0.731. The Morgan fingerprint density at radius 1 is 1.24 bits per heavy atom. The van der Waals surface area contributed by atoms with Crippen LogP contribution in [0.5, 0.6) is 0 Å². The van der Waals surface area contributed by atoms with Crippen molar-refractivity contribution in [2.45, 2.75) is 89.6 Å². The van der Waals surface area contributed by atoms with Gasteiger partial charge in [-0.1, -0.05) is 18.6 Å². The SMILES string of the molecule is CC(=O)OCC(=O)[C@]12OC(C)(C)O[C@H]1C[C@@H]1[C@H]3CCC4=CC(=O)C=C[C@]4(C)[C@]3(F)[C@@H](O)C[C@]12C. The average molecular weight is 477 g/mol. The second-order valence-corrected chi connectivity index (χ2v) is 11.5. The molecule has 4 aliphatic carbocycles. The highest BCUT2D eigenvalue weighted by Crippen LogP contribution is 2.72. The van der Waals surface area contributed by atoms with Crippen molar-refractivity contribution in [3.63, 3.8) is 0 Å². The number of hydrogen-bond donors (Lipinski definition) is 1. The summed E-state index contributed by atoms with van der Waals surface area (Å²) in [6, 6.07) is 0. The molecule has 5 rings (SSSR count). The zero-order valence-electron chi connectivity index (χ0n) is 20.4. The normalized spacial score (nSPS) is 48.3. The number of hydrogen-bond acceptors (Lipinski definition) is 7. The van der Waals surface area contributed by atoms with Gasteiger partial charge < -0.3 is 19.3 Å². The number of esters is 1. The van der Waals surface area contributed by atoms with Gasteiger partial charge in [-0.05, 0) is 64.5 Å². The minimum absolute atomic E-state index is 0.0168. The topological polar surface area (TPSA) is 99.1 Å². The van der Waals surface area contributed by atoms with Gasteiger partial charge in [0.2, 0.25) is 5.78 Å². The minimum Gasteiger partial charge on any atom is -0.458 e. The third kappa shape index (κ3) is 2.76. The van der Waals surface area contributed by atoms with Crippen LogP contribution < -0.4 is 0 Å². The molecule has 8 atom stereocenters. The first-order chi connectivity index (χ1) is 15.7. The molecule has 0 aromatic heterocycles. The zero-order valence-corrected chi connectivity index (χ0v) is 20.4. The average Bonchev–Trinajstić information content (AvgIpc) is 3.14. The van der Waals surface area contributed by atoms with Crippen molar-refractivity contribution in [1.29, 1.82) is 0 Å². The van der Waals surface area contributed by atoms with E-state index < -0.39 is 64.4 Å². The molecule has 0 spiro atoms. The molecule has 0 radical (unpaired) electrons. The van der Waals surface area contributed by atoms with E-state index in [9.17, 15) is 19.5 Å². The highest BCUT2D eigenvalue weighted by Gasteiger charge is 2.80. The summed E-state index contributed by atoms with van der Waals surface area (Å²) >= 11 is 0. The van der Waals surface area contributed by atoms with Gasteiger partial charge in [0.15, 0.2) is 29.4 Å². The summed E-state index contributed by atoms with van der Waals surface area (Å²) in [5.41, 5.74) is -4.82. The van der Waals surface area contributed by atoms with Gasteiger partial charge in [0, 0.05) is 23.7 Å². The van der Waals surface area contributed by atoms with Gasteiger partial charge in [-0.25, -0.2) is 4.39 Å². The molecule has 1 aliphatic heterocycles. The second-order valence-electron chi connectivity index (χ2n) is 11.5. The maximum atomic E-state index is 17.3. The Morgan fingerprint density at radius 2 is 1.94 bits per heavy atom. The van der Waals surface area contributed by atoms with Crippen molar-refractivity contribution < 1.29 is 38.1 Å². The van der Waals surface area contributed by atoms with Crippen LogP contribution in [0.1, 0.15) is 60.3 Å². The van der Waals surface area contributed by atoms with E-state index in [0.29, 0.717) is 24.8 Å². The number of alkyl halides is 1. The van der Waals surface area contributed by atoms with Gasteiger partial charge in [0.25, 0.3) is 0 Å². The van der Waals surface area contributed by atoms with Crippen LogP contribution in [0.15, 0.2) is 23.8 Å². The number of Topliss-reactive ketones (excluding diaryl/α,β-unsaturated/α-hetero) is 1. The highest BCUT2D eigenvalue weighted by atomic mass is 19.1. The Bertz CT molecular complexity index is 1030. The monoisotopic (exact) mass is 476 g/mol. The first-order valence-electron chi connectivity index (χ1n) is 12.1. The number of aliphatic hydroxyl groups is 1. The van der Waals surface area contributed by atoms with Crippen LogP contribution in [0, 0.1) is 22.7 Å². The molecule has 1 heterocycles. The van der Waals surface area contributed by atoms with E-state index in [1.54, 1.807) is 26.8 Å². The molecule has 5 aliphatic rings. The summed E-state index contributed by atoms with van der Waals surface area (Å²) in [5.74, 6) is -3.11. The van der Waals surface area contributed by atoms with Crippen LogP contribution in [-0.2, 0) is 28.6 Å². The summed E-state index contributed by atoms with van der Waals surface area (Å²) < 4.78 is 34.9. The lowest BCUT2D eigenvalue weighted by Crippen LogP contribution is -2.70. The van der Waals surface area contributed by atoms with E-state index in [0.717, 1.165) is 0 Å². The van der Waals surface area contributed by atoms with E-state index >= 15 is 4.39 Å². The number of carbonyl (C=O) groups is 3. The predicted octanol–water partition coefficient (Wildman–Crippen LogP) is 2.99. The van der Waals surface area contributed by atoms with Crippen LogP contribution >= 0.6 is 0 Å². The largest absolute Gasteiger partial charge is 0.458 e. The van der Waals surface area contributed by atoms with Crippen LogP contribution in [0.2, 0.25) is 0 Å². The van der Waals surface area contributed by atoms with Gasteiger partial charge in [0.1, 0.15) is 0 Å². The summed E-state index contributed by atoms with van der Waals surface area (Å²) in [6.45, 7) is 7.86. The maximum Gasteiger partial charge on any atom is 0.303 e. The number of allylic oxidation sites excluding steroid dienone is 4. The standard InChI is InChI=1S/C26H33FO7/c1-14(28)32-13-20(31)26-21(33-22(2,3)34-26)11-18-17-7-6-15-10-16(29)8-9-23(15,4)25(17,27)19(30)12-24(18,26)5/h8-10,17-19,21,30H,6-7,11-13H2,1-5H3/t17-,18-,19+,21+,23+,24-,25-,26+/m1/s1. The number of ketones is 2. The molecule has 0 amide bonds. The molecule has 0 aromatic rings. The molecule has 0 bridgehead atoms. The molecule has 186 valence electrons. The molecule has 7 nitrogen and oxygen atoms in total. The number of aliphatic hydroxyl groups excluding tert-OH is 1. The van der Waals surface area contributed by atoms with Crippen LogP contribution in [0.3, 0.4) is 0 Å². The molecule has 3 saturated carbocycles. The third-order valence-electron chi connectivity index (χ3n) is 9.45. The van der Waals surface area contributed by atoms with Crippen molar-refractivity contribution in [3.05, 3.63) is 23.8 Å². The Balaban J connectivity index is 1.60. The Hall–Kier alpha value is -1.90. The molecule has 1 saturated heterocycles. The van der Waals surface area contributed by atoms with E-state index in [1.165, 1.54) is 19.1 Å². The van der Waals surface area contributed by atoms with Gasteiger partial charge in [-0.2, -0.15) is 0 Å². The quantitative estimate of drug-likeness (QED) is 0.625. The van der Waals surface area contributed by atoms with Crippen molar-refractivity contribution in [3.8, 4) is 0 Å². The summed E-state index contributed by atoms with van der Waals surface area (Å²) in [6.07, 6.45) is 3.81. The molecular weight excluding hydrogens is 443 g/mol.